The molecule has 0 fully saturated rings. The minimum atomic E-state index is -0.402. The second kappa shape index (κ2) is 6.76. The highest BCUT2D eigenvalue weighted by molar-refractivity contribution is 5.88. The Hall–Kier alpha value is -1.88. The number of nitrogens with two attached hydrogens (primary N) is 1. The third-order valence-electron chi connectivity index (χ3n) is 2.77. The zero-order chi connectivity index (χ0) is 13.5. The summed E-state index contributed by atoms with van der Waals surface area (Å²) in [5.74, 6) is -0.747. The summed E-state index contributed by atoms with van der Waals surface area (Å²) in [4.78, 5) is 24.8. The molecule has 2 amide bonds. The number of rotatable bonds is 5. The Bertz CT molecular complexity index is 406. The van der Waals surface area contributed by atoms with Gasteiger partial charge in [-0.2, -0.15) is 0 Å². The van der Waals surface area contributed by atoms with Crippen molar-refractivity contribution in [3.63, 3.8) is 0 Å². The van der Waals surface area contributed by atoms with Crippen molar-refractivity contribution < 1.29 is 9.59 Å². The van der Waals surface area contributed by atoms with Crippen molar-refractivity contribution in [3.05, 3.63) is 35.9 Å². The Balaban J connectivity index is 2.77. The second-order valence-electron chi connectivity index (χ2n) is 4.07. The zero-order valence-electron chi connectivity index (χ0n) is 10.7. The highest BCUT2D eigenvalue weighted by Gasteiger charge is 2.23. The van der Waals surface area contributed by atoms with E-state index in [0.29, 0.717) is 0 Å². The van der Waals surface area contributed by atoms with E-state index in [-0.39, 0.29) is 24.9 Å². The monoisotopic (exact) mass is 249 g/mol. The maximum Gasteiger partial charge on any atom is 0.239 e. The van der Waals surface area contributed by atoms with E-state index in [1.165, 1.54) is 11.9 Å². The van der Waals surface area contributed by atoms with Gasteiger partial charge in [0.1, 0.15) is 0 Å². The summed E-state index contributed by atoms with van der Waals surface area (Å²) in [6.45, 7) is 0.263. The van der Waals surface area contributed by atoms with Crippen molar-refractivity contribution in [3.8, 4) is 0 Å². The highest BCUT2D eigenvalue weighted by Crippen LogP contribution is 2.16. The number of hydrogen-bond acceptors (Lipinski definition) is 3. The summed E-state index contributed by atoms with van der Waals surface area (Å²) >= 11 is 0. The summed E-state index contributed by atoms with van der Waals surface area (Å²) in [7, 11) is 3.14. The lowest BCUT2D eigenvalue weighted by Gasteiger charge is -2.22. The molecule has 5 nitrogen and oxygen atoms in total. The fraction of sp³-hybridized carbons (Fsp3) is 0.385. The molecule has 98 valence electrons. The summed E-state index contributed by atoms with van der Waals surface area (Å²) in [6.07, 6.45) is 0. The van der Waals surface area contributed by atoms with Crippen LogP contribution in [0.3, 0.4) is 0 Å². The molecule has 0 aromatic heterocycles. The molecule has 1 atom stereocenters. The predicted molar refractivity (Wildman–Crippen MR) is 69.9 cm³/mol. The number of likely N-dealkylation sites (N-methyl/N-ethyl adjacent to an activating group) is 2. The molecule has 0 radical (unpaired) electrons. The number of carbonyl (C=O) groups is 2. The third-order valence-corrected chi connectivity index (χ3v) is 2.77. The Morgan fingerprint density at radius 2 is 1.94 bits per heavy atom. The quantitative estimate of drug-likeness (QED) is 0.767. The Morgan fingerprint density at radius 3 is 2.44 bits per heavy atom. The standard InChI is InChI=1S/C13H19N3O2/c1-15-12(17)9-16(2)13(18)11(8-14)10-6-4-3-5-7-10/h3-7,11H,8-9,14H2,1-2H3,(H,15,17). The average Bonchev–Trinajstić information content (AvgIpc) is 2.40. The van der Waals surface area contributed by atoms with Gasteiger partial charge in [0, 0.05) is 20.6 Å². The molecule has 3 N–H and O–H groups in total. The van der Waals surface area contributed by atoms with Crippen LogP contribution in [0.5, 0.6) is 0 Å². The van der Waals surface area contributed by atoms with Gasteiger partial charge in [0.15, 0.2) is 0 Å². The summed E-state index contributed by atoms with van der Waals surface area (Å²) < 4.78 is 0. The molecular formula is C13H19N3O2. The van der Waals surface area contributed by atoms with Crippen LogP contribution in [0.4, 0.5) is 0 Å². The zero-order valence-corrected chi connectivity index (χ0v) is 10.7. The smallest absolute Gasteiger partial charge is 0.239 e. The topological polar surface area (TPSA) is 75.4 Å². The predicted octanol–water partition coefficient (Wildman–Crippen LogP) is -0.0667. The molecule has 0 aliphatic heterocycles. The normalized spacial score (nSPS) is 11.7. The van der Waals surface area contributed by atoms with Crippen molar-refractivity contribution in [2.75, 3.05) is 27.2 Å². The lowest BCUT2D eigenvalue weighted by molar-refractivity contribution is -0.135. The van der Waals surface area contributed by atoms with Crippen molar-refractivity contribution >= 4 is 11.8 Å². The first-order valence-corrected chi connectivity index (χ1v) is 5.80. The van der Waals surface area contributed by atoms with Crippen molar-refractivity contribution in [1.82, 2.24) is 10.2 Å². The first-order chi connectivity index (χ1) is 8.60. The van der Waals surface area contributed by atoms with E-state index >= 15 is 0 Å². The van der Waals surface area contributed by atoms with E-state index in [4.69, 9.17) is 5.73 Å². The van der Waals surface area contributed by atoms with Crippen molar-refractivity contribution in [2.24, 2.45) is 5.73 Å². The van der Waals surface area contributed by atoms with E-state index < -0.39 is 5.92 Å². The van der Waals surface area contributed by atoms with Gasteiger partial charge in [-0.05, 0) is 5.56 Å². The molecule has 0 heterocycles. The summed E-state index contributed by atoms with van der Waals surface area (Å²) in [5, 5.41) is 2.48. The third kappa shape index (κ3) is 3.56. The van der Waals surface area contributed by atoms with Crippen LogP contribution in [0, 0.1) is 0 Å². The highest BCUT2D eigenvalue weighted by atomic mass is 16.2. The number of nitrogens with zero attached hydrogens (tertiary/aromatic N) is 1. The molecular weight excluding hydrogens is 230 g/mol. The van der Waals surface area contributed by atoms with Crippen LogP contribution < -0.4 is 11.1 Å². The maximum atomic E-state index is 12.2. The maximum absolute atomic E-state index is 12.2. The van der Waals surface area contributed by atoms with Crippen LogP contribution in [0.15, 0.2) is 30.3 Å². The number of benzene rings is 1. The fourth-order valence-electron chi connectivity index (χ4n) is 1.70. The van der Waals surface area contributed by atoms with Crippen LogP contribution in [0.25, 0.3) is 0 Å². The first-order valence-electron chi connectivity index (χ1n) is 5.80. The van der Waals surface area contributed by atoms with Crippen LogP contribution in [-0.2, 0) is 9.59 Å². The van der Waals surface area contributed by atoms with Gasteiger partial charge in [-0.1, -0.05) is 30.3 Å². The molecule has 0 saturated heterocycles. The van der Waals surface area contributed by atoms with Gasteiger partial charge >= 0.3 is 0 Å². The van der Waals surface area contributed by atoms with Gasteiger partial charge in [-0.15, -0.1) is 0 Å². The molecule has 1 aromatic carbocycles. The largest absolute Gasteiger partial charge is 0.358 e. The van der Waals surface area contributed by atoms with Gasteiger partial charge in [-0.25, -0.2) is 0 Å². The van der Waals surface area contributed by atoms with Crippen LogP contribution in [0.2, 0.25) is 0 Å². The molecule has 0 aliphatic carbocycles. The van der Waals surface area contributed by atoms with Crippen molar-refractivity contribution in [2.45, 2.75) is 5.92 Å². The molecule has 0 spiro atoms. The minimum Gasteiger partial charge on any atom is -0.358 e. The second-order valence-corrected chi connectivity index (χ2v) is 4.07. The Kier molecular flexibility index (Phi) is 5.32. The van der Waals surface area contributed by atoms with E-state index in [0.717, 1.165) is 5.56 Å². The first kappa shape index (κ1) is 14.2. The van der Waals surface area contributed by atoms with Crippen molar-refractivity contribution in [1.29, 1.82) is 0 Å². The molecule has 1 rings (SSSR count). The number of hydrogen-bond donors (Lipinski definition) is 2. The van der Waals surface area contributed by atoms with E-state index in [1.54, 1.807) is 7.05 Å². The molecule has 1 aromatic rings. The van der Waals surface area contributed by atoms with E-state index in [2.05, 4.69) is 5.32 Å². The Morgan fingerprint density at radius 1 is 1.33 bits per heavy atom. The van der Waals surface area contributed by atoms with E-state index in [9.17, 15) is 9.59 Å². The molecule has 1 unspecified atom stereocenters. The molecule has 0 bridgehead atoms. The average molecular weight is 249 g/mol. The SMILES string of the molecule is CNC(=O)CN(C)C(=O)C(CN)c1ccccc1. The van der Waals surface area contributed by atoms with Crippen LogP contribution in [0.1, 0.15) is 11.5 Å². The lowest BCUT2D eigenvalue weighted by Crippen LogP contribution is -2.41. The van der Waals surface area contributed by atoms with Crippen LogP contribution in [-0.4, -0.2) is 43.9 Å². The van der Waals surface area contributed by atoms with Gasteiger partial charge in [-0.3, -0.25) is 9.59 Å². The summed E-state index contributed by atoms with van der Waals surface area (Å²) in [5.41, 5.74) is 6.53. The van der Waals surface area contributed by atoms with Gasteiger partial charge in [0.25, 0.3) is 0 Å². The van der Waals surface area contributed by atoms with E-state index in [1.807, 2.05) is 30.3 Å². The molecule has 18 heavy (non-hydrogen) atoms. The Labute approximate surface area is 107 Å². The lowest BCUT2D eigenvalue weighted by atomic mass is 9.98. The fourth-order valence-corrected chi connectivity index (χ4v) is 1.70. The van der Waals surface area contributed by atoms with Gasteiger partial charge in [0.2, 0.25) is 11.8 Å². The molecule has 0 saturated carbocycles. The minimum absolute atomic E-state index is 0.0403. The van der Waals surface area contributed by atoms with Crippen LogP contribution >= 0.6 is 0 Å². The summed E-state index contributed by atoms with van der Waals surface area (Å²) in [6, 6.07) is 9.34. The molecule has 0 aliphatic rings. The number of amides is 2. The van der Waals surface area contributed by atoms with Gasteiger partial charge in [0.05, 0.1) is 12.5 Å². The van der Waals surface area contributed by atoms with Gasteiger partial charge < -0.3 is 16.0 Å². The number of nitrogens with one attached hydrogen (secondary N) is 1. The number of carbonyl (C=O) groups excluding carboxylic acids is 2. The molecule has 5 heteroatoms.